The van der Waals surface area contributed by atoms with Gasteiger partial charge in [0.1, 0.15) is 5.25 Å². The number of hydrogen-bond acceptors (Lipinski definition) is 5. The normalized spacial score (nSPS) is 18.9. The summed E-state index contributed by atoms with van der Waals surface area (Å²) in [5.41, 5.74) is 1.87. The summed E-state index contributed by atoms with van der Waals surface area (Å²) < 4.78 is 34.8. The number of amides is 1. The Labute approximate surface area is 126 Å². The second kappa shape index (κ2) is 5.16. The topological polar surface area (TPSA) is 96.0 Å². The average Bonchev–Trinajstić information content (AvgIpc) is 3.05. The summed E-state index contributed by atoms with van der Waals surface area (Å²) in [6, 6.07) is 7.51. The van der Waals surface area contributed by atoms with Crippen molar-refractivity contribution in [1.29, 1.82) is 0 Å². The molecule has 1 fully saturated rings. The first kappa shape index (κ1) is 14.6. The monoisotopic (exact) mass is 324 g/mol. The van der Waals surface area contributed by atoms with Gasteiger partial charge in [-0.1, -0.05) is 29.8 Å². The van der Waals surface area contributed by atoms with Gasteiger partial charge < -0.3 is 0 Å². The molecule has 116 valence electrons. The molecule has 1 aromatic heterocycles. The van der Waals surface area contributed by atoms with Crippen LogP contribution in [0.25, 0.3) is 11.4 Å². The van der Waals surface area contributed by atoms with Gasteiger partial charge in [-0.05, 0) is 6.92 Å². The molecule has 0 radical (unpaired) electrons. The number of hydrogen-bond donors (Lipinski definition) is 1. The first-order chi connectivity index (χ1) is 10.3. The molecule has 1 amide bonds. The van der Waals surface area contributed by atoms with Crippen molar-refractivity contribution >= 4 is 22.1 Å². The molecule has 1 aliphatic heterocycles. The molecule has 0 saturated carbocycles. The minimum absolute atomic E-state index is 0.0479. The molecule has 22 heavy (non-hydrogen) atoms. The molecule has 1 N–H and O–H groups in total. The first-order valence-electron chi connectivity index (χ1n) is 6.58. The zero-order valence-electron chi connectivity index (χ0n) is 11.7. The number of H-pyrrole nitrogens is 1. The lowest BCUT2D eigenvalue weighted by molar-refractivity contribution is -0.117. The Morgan fingerprint density at radius 1 is 1.32 bits per heavy atom. The van der Waals surface area contributed by atoms with Crippen molar-refractivity contribution in [2.24, 2.45) is 0 Å². The zero-order chi connectivity index (χ0) is 15.9. The van der Waals surface area contributed by atoms with Crippen LogP contribution in [-0.2, 0) is 15.0 Å². The number of anilines is 1. The van der Waals surface area contributed by atoms with Crippen LogP contribution in [0.4, 0.5) is 9.83 Å². The SMILES string of the molecule is Cc1ccc(-c2nc(N3CC(S(=O)(=O)F)CC3=O)n[nH]2)cc1. The Morgan fingerprint density at radius 2 is 2.00 bits per heavy atom. The first-order valence-corrected chi connectivity index (χ1v) is 8.02. The summed E-state index contributed by atoms with van der Waals surface area (Å²) in [5, 5.41) is 5.25. The lowest BCUT2D eigenvalue weighted by atomic mass is 10.1. The highest BCUT2D eigenvalue weighted by molar-refractivity contribution is 7.87. The molecule has 2 aromatic rings. The Hall–Kier alpha value is -2.29. The number of nitrogens with one attached hydrogen (secondary N) is 1. The fraction of sp³-hybridized carbons (Fsp3) is 0.308. The molecule has 1 saturated heterocycles. The third kappa shape index (κ3) is 2.71. The van der Waals surface area contributed by atoms with Crippen LogP contribution < -0.4 is 4.90 Å². The molecule has 3 rings (SSSR count). The standard InChI is InChI=1S/C13H13FN4O3S/c1-8-2-4-9(5-3-8)12-15-13(17-16-12)18-7-10(6-11(18)19)22(14,20)21/h2-5,10H,6-7H2,1H3,(H,15,16,17). The predicted molar refractivity (Wildman–Crippen MR) is 77.3 cm³/mol. The summed E-state index contributed by atoms with van der Waals surface area (Å²) in [5.74, 6) is -0.0123. The number of aromatic amines is 1. The maximum absolute atomic E-state index is 13.0. The third-order valence-electron chi connectivity index (χ3n) is 3.53. The number of aryl methyl sites for hydroxylation is 1. The van der Waals surface area contributed by atoms with Gasteiger partial charge in [-0.2, -0.15) is 13.4 Å². The second-order valence-electron chi connectivity index (χ2n) is 5.16. The highest BCUT2D eigenvalue weighted by Crippen LogP contribution is 2.25. The molecule has 7 nitrogen and oxygen atoms in total. The van der Waals surface area contributed by atoms with Gasteiger partial charge in [0, 0.05) is 18.5 Å². The van der Waals surface area contributed by atoms with E-state index in [4.69, 9.17) is 0 Å². The molecule has 2 heterocycles. The maximum atomic E-state index is 13.0. The second-order valence-corrected chi connectivity index (χ2v) is 6.77. The van der Waals surface area contributed by atoms with Crippen LogP contribution in [-0.4, -0.2) is 41.3 Å². The van der Waals surface area contributed by atoms with E-state index >= 15 is 0 Å². The molecule has 0 aliphatic carbocycles. The fourth-order valence-corrected chi connectivity index (χ4v) is 2.94. The molecule has 1 aromatic carbocycles. The Bertz CT molecular complexity index is 816. The van der Waals surface area contributed by atoms with Crippen LogP contribution in [0.3, 0.4) is 0 Å². The fourth-order valence-electron chi connectivity index (χ4n) is 2.27. The lowest BCUT2D eigenvalue weighted by Gasteiger charge is -2.09. The summed E-state index contributed by atoms with van der Waals surface area (Å²) >= 11 is 0. The van der Waals surface area contributed by atoms with Crippen LogP contribution in [0, 0.1) is 6.92 Å². The van der Waals surface area contributed by atoms with E-state index in [1.54, 1.807) is 0 Å². The van der Waals surface area contributed by atoms with Crippen molar-refractivity contribution < 1.29 is 17.1 Å². The number of carbonyl (C=O) groups is 1. The lowest BCUT2D eigenvalue weighted by Crippen LogP contribution is -2.27. The molecule has 1 unspecified atom stereocenters. The van der Waals surface area contributed by atoms with E-state index in [2.05, 4.69) is 15.2 Å². The van der Waals surface area contributed by atoms with Gasteiger partial charge in [0.2, 0.25) is 5.91 Å². The van der Waals surface area contributed by atoms with Gasteiger partial charge >= 0.3 is 10.2 Å². The molecule has 9 heteroatoms. The highest BCUT2D eigenvalue weighted by Gasteiger charge is 2.40. The van der Waals surface area contributed by atoms with Crippen molar-refractivity contribution in [2.45, 2.75) is 18.6 Å². The number of halogens is 1. The van der Waals surface area contributed by atoms with Gasteiger partial charge in [-0.25, -0.2) is 0 Å². The predicted octanol–water partition coefficient (Wildman–Crippen LogP) is 1.18. The number of nitrogens with zero attached hydrogens (tertiary/aromatic N) is 3. The highest BCUT2D eigenvalue weighted by atomic mass is 32.3. The summed E-state index contributed by atoms with van der Waals surface area (Å²) in [6.07, 6.45) is -0.396. The Kier molecular flexibility index (Phi) is 3.44. The van der Waals surface area contributed by atoms with Gasteiger partial charge in [0.15, 0.2) is 5.82 Å². The number of carbonyl (C=O) groups excluding carboxylic acids is 1. The van der Waals surface area contributed by atoms with Gasteiger partial charge in [0.05, 0.1) is 0 Å². The smallest absolute Gasteiger partial charge is 0.278 e. The van der Waals surface area contributed by atoms with Gasteiger partial charge in [0.25, 0.3) is 5.95 Å². The molecule has 1 atom stereocenters. The molecular formula is C13H13FN4O3S. The third-order valence-corrected chi connectivity index (χ3v) is 4.64. The van der Waals surface area contributed by atoms with E-state index in [9.17, 15) is 17.1 Å². The molecule has 0 bridgehead atoms. The van der Waals surface area contributed by atoms with E-state index in [1.807, 2.05) is 31.2 Å². The van der Waals surface area contributed by atoms with Crippen LogP contribution in [0.5, 0.6) is 0 Å². The van der Waals surface area contributed by atoms with Crippen molar-refractivity contribution in [2.75, 3.05) is 11.4 Å². The summed E-state index contributed by atoms with van der Waals surface area (Å²) in [4.78, 5) is 17.1. The zero-order valence-corrected chi connectivity index (χ0v) is 12.5. The van der Waals surface area contributed by atoms with Crippen molar-refractivity contribution in [3.05, 3.63) is 29.8 Å². The van der Waals surface area contributed by atoms with Crippen LogP contribution >= 0.6 is 0 Å². The Morgan fingerprint density at radius 3 is 2.59 bits per heavy atom. The number of aromatic nitrogens is 3. The molecule has 0 spiro atoms. The summed E-state index contributed by atoms with van der Waals surface area (Å²) in [7, 11) is -4.75. The van der Waals surface area contributed by atoms with Crippen molar-refractivity contribution in [3.8, 4) is 11.4 Å². The number of rotatable bonds is 3. The molecular weight excluding hydrogens is 311 g/mol. The van der Waals surface area contributed by atoms with Crippen LogP contribution in [0.2, 0.25) is 0 Å². The van der Waals surface area contributed by atoms with Gasteiger partial charge in [-0.3, -0.25) is 14.8 Å². The van der Waals surface area contributed by atoms with Gasteiger partial charge in [-0.15, -0.1) is 8.98 Å². The van der Waals surface area contributed by atoms with Crippen LogP contribution in [0.1, 0.15) is 12.0 Å². The van der Waals surface area contributed by atoms with E-state index in [0.717, 1.165) is 16.0 Å². The van der Waals surface area contributed by atoms with E-state index in [1.165, 1.54) is 0 Å². The number of benzene rings is 1. The minimum Gasteiger partial charge on any atom is -0.278 e. The van der Waals surface area contributed by atoms with E-state index in [-0.39, 0.29) is 12.5 Å². The summed E-state index contributed by atoms with van der Waals surface area (Å²) in [6.45, 7) is 1.68. The largest absolute Gasteiger partial charge is 0.307 e. The van der Waals surface area contributed by atoms with Crippen molar-refractivity contribution in [1.82, 2.24) is 15.2 Å². The Balaban J connectivity index is 1.85. The van der Waals surface area contributed by atoms with E-state index in [0.29, 0.717) is 5.82 Å². The van der Waals surface area contributed by atoms with Crippen LogP contribution in [0.15, 0.2) is 24.3 Å². The van der Waals surface area contributed by atoms with E-state index < -0.39 is 27.8 Å². The maximum Gasteiger partial charge on any atom is 0.307 e. The minimum atomic E-state index is -4.75. The molecule has 1 aliphatic rings. The average molecular weight is 324 g/mol. The quantitative estimate of drug-likeness (QED) is 0.855. The van der Waals surface area contributed by atoms with Crippen molar-refractivity contribution in [3.63, 3.8) is 0 Å².